The van der Waals surface area contributed by atoms with Crippen LogP contribution in [0.2, 0.25) is 0 Å². The summed E-state index contributed by atoms with van der Waals surface area (Å²) in [5.74, 6) is 0.884. The number of carbonyl (C=O) groups excluding carboxylic acids is 2. The molecule has 128 valence electrons. The molecule has 0 unspecified atom stereocenters. The number of carbonyl (C=O) groups is 2. The van der Waals surface area contributed by atoms with Gasteiger partial charge in [0.05, 0.1) is 11.8 Å². The fourth-order valence-electron chi connectivity index (χ4n) is 2.86. The van der Waals surface area contributed by atoms with Gasteiger partial charge in [0.15, 0.2) is 11.4 Å². The van der Waals surface area contributed by atoms with Gasteiger partial charge in [-0.2, -0.15) is 0 Å². The van der Waals surface area contributed by atoms with E-state index >= 15 is 0 Å². The summed E-state index contributed by atoms with van der Waals surface area (Å²) in [6, 6.07) is 0. The van der Waals surface area contributed by atoms with Gasteiger partial charge in [0, 0.05) is 44.7 Å². The standard InChI is InChI=1S/C17H23N5O2/c1-11(23)21-5-7-22(8-6-21)13-10-19-16-14(20-13)12(9-18-16)15(24)17(2,3)4/h9-10H,5-8H2,1-4H3,(H,18,19). The summed E-state index contributed by atoms with van der Waals surface area (Å²) in [6.07, 6.45) is 3.41. The highest BCUT2D eigenvalue weighted by Gasteiger charge is 2.27. The number of fused-ring (bicyclic) bond motifs is 1. The lowest BCUT2D eigenvalue weighted by Gasteiger charge is -2.34. The summed E-state index contributed by atoms with van der Waals surface area (Å²) in [4.78, 5) is 40.1. The van der Waals surface area contributed by atoms with E-state index < -0.39 is 5.41 Å². The van der Waals surface area contributed by atoms with E-state index in [0.29, 0.717) is 42.9 Å². The van der Waals surface area contributed by atoms with Gasteiger partial charge < -0.3 is 14.8 Å². The van der Waals surface area contributed by atoms with Crippen LogP contribution in [0, 0.1) is 5.41 Å². The maximum Gasteiger partial charge on any atom is 0.219 e. The first-order chi connectivity index (χ1) is 11.3. The van der Waals surface area contributed by atoms with Gasteiger partial charge in [-0.05, 0) is 0 Å². The lowest BCUT2D eigenvalue weighted by atomic mass is 9.87. The molecule has 0 aliphatic carbocycles. The Balaban J connectivity index is 1.89. The van der Waals surface area contributed by atoms with Crippen molar-refractivity contribution in [2.75, 3.05) is 31.1 Å². The third-order valence-electron chi connectivity index (χ3n) is 4.34. The smallest absolute Gasteiger partial charge is 0.219 e. The SMILES string of the molecule is CC(=O)N1CCN(c2cnc3[nH]cc(C(=O)C(C)(C)C)c3n2)CC1. The monoisotopic (exact) mass is 329 g/mol. The Morgan fingerprint density at radius 2 is 1.83 bits per heavy atom. The summed E-state index contributed by atoms with van der Waals surface area (Å²) < 4.78 is 0. The normalized spacial score (nSPS) is 15.8. The van der Waals surface area contributed by atoms with Crippen molar-refractivity contribution in [2.24, 2.45) is 5.41 Å². The Hall–Kier alpha value is -2.44. The van der Waals surface area contributed by atoms with Crippen LogP contribution in [0.3, 0.4) is 0 Å². The van der Waals surface area contributed by atoms with E-state index in [1.54, 1.807) is 19.3 Å². The number of piperazine rings is 1. The first kappa shape index (κ1) is 16.4. The number of nitrogens with zero attached hydrogens (tertiary/aromatic N) is 4. The summed E-state index contributed by atoms with van der Waals surface area (Å²) in [6.45, 7) is 10.1. The number of Topliss-reactive ketones (excluding diaryl/α,β-unsaturated/α-hetero) is 1. The Bertz CT molecular complexity index is 782. The number of ketones is 1. The van der Waals surface area contributed by atoms with Gasteiger partial charge >= 0.3 is 0 Å². The van der Waals surface area contributed by atoms with Gasteiger partial charge in [0.25, 0.3) is 0 Å². The molecule has 1 N–H and O–H groups in total. The number of hydrogen-bond donors (Lipinski definition) is 1. The quantitative estimate of drug-likeness (QED) is 0.850. The van der Waals surface area contributed by atoms with Crippen molar-refractivity contribution in [1.29, 1.82) is 0 Å². The molecule has 0 bridgehead atoms. The van der Waals surface area contributed by atoms with Crippen molar-refractivity contribution in [3.8, 4) is 0 Å². The maximum absolute atomic E-state index is 12.6. The topological polar surface area (TPSA) is 82.2 Å². The Morgan fingerprint density at radius 3 is 2.42 bits per heavy atom. The van der Waals surface area contributed by atoms with Gasteiger partial charge in [-0.1, -0.05) is 20.8 Å². The molecule has 1 aliphatic rings. The Morgan fingerprint density at radius 1 is 1.17 bits per heavy atom. The molecule has 0 saturated carbocycles. The number of nitrogens with one attached hydrogen (secondary N) is 1. The number of H-pyrrole nitrogens is 1. The van der Waals surface area contributed by atoms with Crippen LogP contribution in [0.15, 0.2) is 12.4 Å². The second-order valence-corrected chi connectivity index (χ2v) is 7.20. The summed E-state index contributed by atoms with van der Waals surface area (Å²) in [5, 5.41) is 0. The molecule has 2 aromatic rings. The number of aromatic nitrogens is 3. The van der Waals surface area contributed by atoms with Crippen molar-refractivity contribution in [2.45, 2.75) is 27.7 Å². The van der Waals surface area contributed by atoms with Crippen LogP contribution in [0.5, 0.6) is 0 Å². The second-order valence-electron chi connectivity index (χ2n) is 7.20. The molecule has 24 heavy (non-hydrogen) atoms. The van der Waals surface area contributed by atoms with Crippen LogP contribution in [0.1, 0.15) is 38.1 Å². The first-order valence-electron chi connectivity index (χ1n) is 8.17. The largest absolute Gasteiger partial charge is 0.352 e. The number of aromatic amines is 1. The van der Waals surface area contributed by atoms with Crippen LogP contribution < -0.4 is 4.90 Å². The first-order valence-corrected chi connectivity index (χ1v) is 8.17. The van der Waals surface area contributed by atoms with Crippen LogP contribution >= 0.6 is 0 Å². The molecule has 2 aromatic heterocycles. The summed E-state index contributed by atoms with van der Waals surface area (Å²) in [5.41, 5.74) is 1.34. The third-order valence-corrected chi connectivity index (χ3v) is 4.34. The maximum atomic E-state index is 12.6. The predicted octanol–water partition coefficient (Wildman–Crippen LogP) is 1.86. The van der Waals surface area contributed by atoms with E-state index in [4.69, 9.17) is 0 Å². The van der Waals surface area contributed by atoms with E-state index in [-0.39, 0.29) is 11.7 Å². The Kier molecular flexibility index (Phi) is 4.03. The zero-order chi connectivity index (χ0) is 17.5. The molecule has 0 radical (unpaired) electrons. The minimum atomic E-state index is -0.472. The van der Waals surface area contributed by atoms with Crippen LogP contribution in [-0.4, -0.2) is 57.7 Å². The van der Waals surface area contributed by atoms with Gasteiger partial charge in [-0.3, -0.25) is 9.59 Å². The van der Waals surface area contributed by atoms with Gasteiger partial charge in [-0.25, -0.2) is 9.97 Å². The zero-order valence-corrected chi connectivity index (χ0v) is 14.6. The van der Waals surface area contributed by atoms with E-state index in [1.165, 1.54) is 0 Å². The highest BCUT2D eigenvalue weighted by atomic mass is 16.2. The van der Waals surface area contributed by atoms with Crippen molar-refractivity contribution < 1.29 is 9.59 Å². The molecule has 7 nitrogen and oxygen atoms in total. The molecule has 1 fully saturated rings. The van der Waals surface area contributed by atoms with E-state index in [1.807, 2.05) is 25.7 Å². The van der Waals surface area contributed by atoms with Crippen LogP contribution in [0.4, 0.5) is 5.82 Å². The summed E-state index contributed by atoms with van der Waals surface area (Å²) in [7, 11) is 0. The number of amides is 1. The average molecular weight is 329 g/mol. The minimum Gasteiger partial charge on any atom is -0.352 e. The predicted molar refractivity (Wildman–Crippen MR) is 92.1 cm³/mol. The van der Waals surface area contributed by atoms with Crippen molar-refractivity contribution in [3.63, 3.8) is 0 Å². The third kappa shape index (κ3) is 2.98. The minimum absolute atomic E-state index is 0.0431. The van der Waals surface area contributed by atoms with Crippen molar-refractivity contribution in [3.05, 3.63) is 18.0 Å². The lowest BCUT2D eigenvalue weighted by Crippen LogP contribution is -2.48. The fraction of sp³-hybridized carbons (Fsp3) is 0.529. The van der Waals surface area contributed by atoms with Gasteiger partial charge in [0.1, 0.15) is 11.3 Å². The molecule has 3 rings (SSSR count). The zero-order valence-electron chi connectivity index (χ0n) is 14.6. The van der Waals surface area contributed by atoms with Crippen LogP contribution in [-0.2, 0) is 4.79 Å². The average Bonchev–Trinajstić information content (AvgIpc) is 2.96. The molecule has 3 heterocycles. The molecule has 1 aliphatic heterocycles. The van der Waals surface area contributed by atoms with E-state index in [2.05, 4.69) is 19.9 Å². The molecule has 1 saturated heterocycles. The Labute approximate surface area is 141 Å². The van der Waals surface area contributed by atoms with Crippen LogP contribution in [0.25, 0.3) is 11.2 Å². The van der Waals surface area contributed by atoms with E-state index in [9.17, 15) is 9.59 Å². The van der Waals surface area contributed by atoms with Gasteiger partial charge in [0.2, 0.25) is 5.91 Å². The molecule has 0 spiro atoms. The molecule has 1 amide bonds. The van der Waals surface area contributed by atoms with E-state index in [0.717, 1.165) is 5.82 Å². The highest BCUT2D eigenvalue weighted by Crippen LogP contribution is 2.26. The lowest BCUT2D eigenvalue weighted by molar-refractivity contribution is -0.129. The molecule has 0 aromatic carbocycles. The molecular formula is C17H23N5O2. The second kappa shape index (κ2) is 5.89. The molecular weight excluding hydrogens is 306 g/mol. The van der Waals surface area contributed by atoms with Crippen molar-refractivity contribution >= 4 is 28.7 Å². The molecule has 0 atom stereocenters. The summed E-state index contributed by atoms with van der Waals surface area (Å²) >= 11 is 0. The number of rotatable bonds is 2. The number of anilines is 1. The number of hydrogen-bond acceptors (Lipinski definition) is 5. The van der Waals surface area contributed by atoms with Gasteiger partial charge in [-0.15, -0.1) is 0 Å². The fourth-order valence-corrected chi connectivity index (χ4v) is 2.86. The van der Waals surface area contributed by atoms with Crippen molar-refractivity contribution in [1.82, 2.24) is 19.9 Å². The molecule has 7 heteroatoms. The highest BCUT2D eigenvalue weighted by molar-refractivity contribution is 6.08.